The van der Waals surface area contributed by atoms with Gasteiger partial charge in [0.2, 0.25) is 0 Å². The molecule has 0 radical (unpaired) electrons. The molecule has 0 amide bonds. The van der Waals surface area contributed by atoms with E-state index in [1.165, 1.54) is 25.7 Å². The van der Waals surface area contributed by atoms with Gasteiger partial charge < -0.3 is 14.2 Å². The highest BCUT2D eigenvalue weighted by atomic mass is 16.5. The number of hydrogen-bond acceptors (Lipinski definition) is 5. The molecule has 5 aliphatic rings. The van der Waals surface area contributed by atoms with Gasteiger partial charge in [-0.1, -0.05) is 72.2 Å². The van der Waals surface area contributed by atoms with Crippen molar-refractivity contribution in [3.05, 3.63) is 47.0 Å². The number of fused-ring (bicyclic) bond motifs is 6. The molecule has 6 rings (SSSR count). The molecule has 0 bridgehead atoms. The second-order valence-corrected chi connectivity index (χ2v) is 17.7. The molecule has 0 N–H and O–H groups in total. The Morgan fingerprint density at radius 1 is 0.867 bits per heavy atom. The van der Waals surface area contributed by atoms with Crippen molar-refractivity contribution in [3.63, 3.8) is 0 Å². The van der Waals surface area contributed by atoms with E-state index in [0.717, 1.165) is 38.5 Å². The van der Waals surface area contributed by atoms with Gasteiger partial charge in [0.1, 0.15) is 6.10 Å². The fraction of sp³-hybridized carbons (Fsp3) is 0.750. The molecule has 248 valence electrons. The van der Waals surface area contributed by atoms with E-state index >= 15 is 0 Å². The quantitative estimate of drug-likeness (QED) is 0.243. The van der Waals surface area contributed by atoms with Crippen LogP contribution in [0, 0.1) is 44.3 Å². The predicted octanol–water partition coefficient (Wildman–Crippen LogP) is 9.35. The van der Waals surface area contributed by atoms with Crippen LogP contribution in [0.1, 0.15) is 130 Å². The maximum Gasteiger partial charge on any atom is 0.338 e. The van der Waals surface area contributed by atoms with E-state index in [2.05, 4.69) is 48.5 Å². The SMILES string of the molecule is CO[C@@H]1C[C@H]2C(C)(C)[C@H](OC(C)=O)CC[C@]2(C)C2=C1[C@@]1(C)CC[C@@]3(C)CC[C@@](C)(COC(=O)c4ccccc4)C[C@H]3[C@]1(C)CC2. The summed E-state index contributed by atoms with van der Waals surface area (Å²) in [5.41, 5.74) is 4.32. The van der Waals surface area contributed by atoms with Gasteiger partial charge in [-0.25, -0.2) is 4.79 Å². The number of carbonyl (C=O) groups is 2. The Kier molecular flexibility index (Phi) is 7.98. The summed E-state index contributed by atoms with van der Waals surface area (Å²) >= 11 is 0. The first-order chi connectivity index (χ1) is 21.0. The number of methoxy groups -OCH3 is 1. The molecular formula is C40H58O5. The molecule has 1 aromatic carbocycles. The van der Waals surface area contributed by atoms with E-state index in [4.69, 9.17) is 14.2 Å². The first kappa shape index (κ1) is 32.8. The van der Waals surface area contributed by atoms with Crippen LogP contribution in [0.4, 0.5) is 0 Å². The first-order valence-electron chi connectivity index (χ1n) is 17.7. The van der Waals surface area contributed by atoms with Crippen LogP contribution in [0.5, 0.6) is 0 Å². The molecular weight excluding hydrogens is 560 g/mol. The van der Waals surface area contributed by atoms with Crippen LogP contribution in [0.2, 0.25) is 0 Å². The normalized spacial score (nSPS) is 43.7. The zero-order valence-electron chi connectivity index (χ0n) is 29.5. The van der Waals surface area contributed by atoms with Crippen LogP contribution in [0.25, 0.3) is 0 Å². The average molecular weight is 619 g/mol. The van der Waals surface area contributed by atoms with Gasteiger partial charge >= 0.3 is 11.9 Å². The van der Waals surface area contributed by atoms with Crippen molar-refractivity contribution in [2.75, 3.05) is 13.7 Å². The summed E-state index contributed by atoms with van der Waals surface area (Å²) in [6, 6.07) is 9.41. The van der Waals surface area contributed by atoms with Crippen molar-refractivity contribution < 1.29 is 23.8 Å². The Hall–Kier alpha value is -2.14. The van der Waals surface area contributed by atoms with E-state index in [-0.39, 0.29) is 51.2 Å². The number of ether oxygens (including phenoxy) is 3. The third-order valence-corrected chi connectivity index (χ3v) is 14.9. The van der Waals surface area contributed by atoms with E-state index in [0.29, 0.717) is 29.4 Å². The lowest BCUT2D eigenvalue weighted by Crippen LogP contribution is -2.63. The van der Waals surface area contributed by atoms with Crippen molar-refractivity contribution in [1.82, 2.24) is 0 Å². The van der Waals surface area contributed by atoms with Gasteiger partial charge in [-0.3, -0.25) is 4.79 Å². The second kappa shape index (κ2) is 11.0. The monoisotopic (exact) mass is 618 g/mol. The number of carbonyl (C=O) groups excluding carboxylic acids is 2. The minimum absolute atomic E-state index is 0.0338. The standard InChI is InChI=1S/C40H58O5/c1-26(41)45-32-16-17-38(6)28-15-18-39(7)31-24-36(4,25-44-34(42)27-13-11-10-12-14-27)19-20-37(31,5)21-22-40(39,8)33(28)29(43-9)23-30(38)35(32,2)3/h10-14,29-32H,15-25H2,1-9H3/t29-,30+,31-,32-,36-,37-,38-,39+,40-/m1/s1. The zero-order valence-corrected chi connectivity index (χ0v) is 29.5. The molecule has 5 nitrogen and oxygen atoms in total. The lowest BCUT2D eigenvalue weighted by atomic mass is 9.35. The molecule has 0 unspecified atom stereocenters. The fourth-order valence-corrected chi connectivity index (χ4v) is 11.9. The van der Waals surface area contributed by atoms with Crippen molar-refractivity contribution in [2.45, 2.75) is 132 Å². The fourth-order valence-electron chi connectivity index (χ4n) is 11.9. The third-order valence-electron chi connectivity index (χ3n) is 14.9. The van der Waals surface area contributed by atoms with Gasteiger partial charge in [0.05, 0.1) is 18.3 Å². The number of hydrogen-bond donors (Lipinski definition) is 0. The third kappa shape index (κ3) is 4.95. The van der Waals surface area contributed by atoms with E-state index in [1.54, 1.807) is 18.1 Å². The van der Waals surface area contributed by atoms with Crippen LogP contribution in [-0.4, -0.2) is 37.9 Å². The molecule has 9 atom stereocenters. The lowest BCUT2D eigenvalue weighted by molar-refractivity contribution is -0.180. The lowest BCUT2D eigenvalue weighted by Gasteiger charge is -2.70. The summed E-state index contributed by atoms with van der Waals surface area (Å²) in [6.45, 7) is 19.3. The predicted molar refractivity (Wildman–Crippen MR) is 178 cm³/mol. The Morgan fingerprint density at radius 3 is 2.22 bits per heavy atom. The average Bonchev–Trinajstić information content (AvgIpc) is 3.00. The van der Waals surface area contributed by atoms with Crippen LogP contribution >= 0.6 is 0 Å². The summed E-state index contributed by atoms with van der Waals surface area (Å²) in [7, 11) is 1.92. The zero-order chi connectivity index (χ0) is 32.6. The molecule has 3 fully saturated rings. The maximum absolute atomic E-state index is 12.9. The Balaban J connectivity index is 1.33. The molecule has 5 heteroatoms. The van der Waals surface area contributed by atoms with Crippen LogP contribution < -0.4 is 0 Å². The molecule has 0 saturated heterocycles. The van der Waals surface area contributed by atoms with Crippen molar-refractivity contribution >= 4 is 11.9 Å². The van der Waals surface area contributed by atoms with Gasteiger partial charge in [0.15, 0.2) is 0 Å². The number of benzene rings is 1. The molecule has 0 heterocycles. The molecule has 0 aromatic heterocycles. The molecule has 1 aromatic rings. The highest BCUT2D eigenvalue weighted by molar-refractivity contribution is 5.89. The van der Waals surface area contributed by atoms with E-state index in [1.807, 2.05) is 37.4 Å². The number of allylic oxidation sites excluding steroid dienone is 1. The topological polar surface area (TPSA) is 61.8 Å². The summed E-state index contributed by atoms with van der Waals surface area (Å²) in [4.78, 5) is 25.0. The van der Waals surface area contributed by atoms with Gasteiger partial charge in [0.25, 0.3) is 0 Å². The summed E-state index contributed by atoms with van der Waals surface area (Å²) < 4.78 is 18.5. The Labute approximate surface area is 272 Å². The minimum Gasteiger partial charge on any atom is -0.462 e. The van der Waals surface area contributed by atoms with E-state index in [9.17, 15) is 9.59 Å². The van der Waals surface area contributed by atoms with Crippen LogP contribution in [0.15, 0.2) is 41.5 Å². The highest BCUT2D eigenvalue weighted by Crippen LogP contribution is 2.75. The maximum atomic E-state index is 12.9. The number of esters is 2. The summed E-state index contributed by atoms with van der Waals surface area (Å²) in [5.74, 6) is 0.560. The number of rotatable bonds is 5. The minimum atomic E-state index is -0.211. The Bertz CT molecular complexity index is 1360. The molecule has 3 saturated carbocycles. The molecule has 0 aliphatic heterocycles. The van der Waals surface area contributed by atoms with Crippen molar-refractivity contribution in [1.29, 1.82) is 0 Å². The first-order valence-corrected chi connectivity index (χ1v) is 17.7. The Morgan fingerprint density at radius 2 is 1.56 bits per heavy atom. The summed E-state index contributed by atoms with van der Waals surface area (Å²) in [5, 5.41) is 0. The molecule has 5 aliphatic carbocycles. The van der Waals surface area contributed by atoms with Gasteiger partial charge in [-0.15, -0.1) is 0 Å². The van der Waals surface area contributed by atoms with Crippen molar-refractivity contribution in [2.24, 2.45) is 44.3 Å². The van der Waals surface area contributed by atoms with Gasteiger partial charge in [-0.2, -0.15) is 0 Å². The van der Waals surface area contributed by atoms with E-state index < -0.39 is 0 Å². The molecule has 45 heavy (non-hydrogen) atoms. The molecule has 0 spiro atoms. The smallest absolute Gasteiger partial charge is 0.338 e. The highest BCUT2D eigenvalue weighted by Gasteiger charge is 2.68. The van der Waals surface area contributed by atoms with Gasteiger partial charge in [-0.05, 0) is 115 Å². The second-order valence-electron chi connectivity index (χ2n) is 17.7. The van der Waals surface area contributed by atoms with Crippen LogP contribution in [0.3, 0.4) is 0 Å². The van der Waals surface area contributed by atoms with Crippen molar-refractivity contribution in [3.8, 4) is 0 Å². The summed E-state index contributed by atoms with van der Waals surface area (Å²) in [6.07, 6.45) is 11.1. The van der Waals surface area contributed by atoms with Crippen LogP contribution in [-0.2, 0) is 19.0 Å². The largest absolute Gasteiger partial charge is 0.462 e. The van der Waals surface area contributed by atoms with Gasteiger partial charge in [0, 0.05) is 24.9 Å².